The highest BCUT2D eigenvalue weighted by Crippen LogP contribution is 2.17. The van der Waals surface area contributed by atoms with Crippen LogP contribution in [0.3, 0.4) is 0 Å². The van der Waals surface area contributed by atoms with Crippen molar-refractivity contribution in [3.8, 4) is 5.75 Å². The summed E-state index contributed by atoms with van der Waals surface area (Å²) in [5, 5.41) is 2.62. The van der Waals surface area contributed by atoms with Gasteiger partial charge >= 0.3 is 0 Å². The molecule has 5 nitrogen and oxygen atoms in total. The molecule has 0 fully saturated rings. The average Bonchev–Trinajstić information content (AvgIpc) is 2.82. The average molecular weight is 438 g/mol. The topological polar surface area (TPSA) is 58.6 Å². The molecule has 0 aliphatic rings. The number of hydrogen-bond acceptors (Lipinski definition) is 3. The number of benzene rings is 3. The maximum Gasteiger partial charge on any atom is 0.261 e. The Balaban J connectivity index is 1.85. The normalized spacial score (nSPS) is 11.5. The van der Waals surface area contributed by atoms with Gasteiger partial charge in [-0.1, -0.05) is 42.5 Å². The van der Waals surface area contributed by atoms with Crippen molar-refractivity contribution in [3.05, 3.63) is 102 Å². The predicted octanol–water partition coefficient (Wildman–Crippen LogP) is 3.73. The molecule has 0 saturated carbocycles. The molecule has 1 N–H and O–H groups in total. The van der Waals surface area contributed by atoms with Crippen LogP contribution in [0.25, 0.3) is 0 Å². The van der Waals surface area contributed by atoms with Gasteiger partial charge in [-0.25, -0.2) is 8.78 Å². The number of rotatable bonds is 9. The lowest BCUT2D eigenvalue weighted by molar-refractivity contribution is -0.142. The summed E-state index contributed by atoms with van der Waals surface area (Å²) < 4.78 is 32.0. The van der Waals surface area contributed by atoms with Crippen LogP contribution in [0.5, 0.6) is 5.75 Å². The van der Waals surface area contributed by atoms with E-state index >= 15 is 0 Å². The summed E-state index contributed by atoms with van der Waals surface area (Å²) in [6.07, 6.45) is 0.296. The van der Waals surface area contributed by atoms with Gasteiger partial charge in [0, 0.05) is 20.0 Å². The lowest BCUT2D eigenvalue weighted by Crippen LogP contribution is -2.51. The summed E-state index contributed by atoms with van der Waals surface area (Å²) in [5.74, 6) is -1.22. The fraction of sp³-hybridized carbons (Fsp3) is 0.200. The van der Waals surface area contributed by atoms with Gasteiger partial charge in [-0.2, -0.15) is 0 Å². The van der Waals surface area contributed by atoms with Crippen LogP contribution in [0.4, 0.5) is 8.78 Å². The van der Waals surface area contributed by atoms with Crippen molar-refractivity contribution in [2.75, 3.05) is 13.7 Å². The van der Waals surface area contributed by atoms with Gasteiger partial charge in [0.15, 0.2) is 6.61 Å². The lowest BCUT2D eigenvalue weighted by Gasteiger charge is -2.31. The molecule has 3 aromatic rings. The highest BCUT2D eigenvalue weighted by atomic mass is 19.1. The Bertz CT molecular complexity index is 1030. The third-order valence-electron chi connectivity index (χ3n) is 4.96. The highest BCUT2D eigenvalue weighted by molar-refractivity contribution is 5.88. The number of halogens is 2. The predicted molar refractivity (Wildman–Crippen MR) is 117 cm³/mol. The summed E-state index contributed by atoms with van der Waals surface area (Å²) in [7, 11) is 1.51. The molecule has 166 valence electrons. The minimum absolute atomic E-state index is 0.0941. The van der Waals surface area contributed by atoms with Gasteiger partial charge in [0.05, 0.1) is 0 Å². The molecule has 7 heteroatoms. The van der Waals surface area contributed by atoms with Crippen LogP contribution in [0, 0.1) is 11.6 Å². The Labute approximate surface area is 185 Å². The number of amides is 2. The second kappa shape index (κ2) is 11.0. The molecule has 0 heterocycles. The molecule has 0 bridgehead atoms. The molecule has 0 aromatic heterocycles. The zero-order valence-electron chi connectivity index (χ0n) is 17.6. The SMILES string of the molecule is CNC(=O)[C@@H](Cc1ccccc1)N(Cc1ccc(F)cc1)C(=O)COc1ccc(F)cc1. The molecule has 0 radical (unpaired) electrons. The first-order chi connectivity index (χ1) is 15.5. The first kappa shape index (κ1) is 22.9. The molecule has 3 aromatic carbocycles. The van der Waals surface area contributed by atoms with Crippen molar-refractivity contribution in [3.63, 3.8) is 0 Å². The van der Waals surface area contributed by atoms with E-state index in [0.29, 0.717) is 17.7 Å². The second-order valence-electron chi connectivity index (χ2n) is 7.21. The quantitative estimate of drug-likeness (QED) is 0.554. The van der Waals surface area contributed by atoms with Crippen molar-refractivity contribution < 1.29 is 23.1 Å². The van der Waals surface area contributed by atoms with Crippen LogP contribution >= 0.6 is 0 Å². The fourth-order valence-corrected chi connectivity index (χ4v) is 3.27. The summed E-state index contributed by atoms with van der Waals surface area (Å²) in [5.41, 5.74) is 1.56. The van der Waals surface area contributed by atoms with Crippen molar-refractivity contribution in [1.82, 2.24) is 10.2 Å². The molecule has 0 saturated heterocycles. The number of nitrogens with one attached hydrogen (secondary N) is 1. The smallest absolute Gasteiger partial charge is 0.261 e. The highest BCUT2D eigenvalue weighted by Gasteiger charge is 2.30. The Morgan fingerprint density at radius 2 is 1.47 bits per heavy atom. The fourth-order valence-electron chi connectivity index (χ4n) is 3.27. The Kier molecular flexibility index (Phi) is 7.91. The molecule has 3 rings (SSSR count). The van der Waals surface area contributed by atoms with Crippen molar-refractivity contribution in [1.29, 1.82) is 0 Å². The van der Waals surface area contributed by atoms with Crippen molar-refractivity contribution >= 4 is 11.8 Å². The number of carbonyl (C=O) groups is 2. The molecular formula is C25H24F2N2O3. The number of nitrogens with zero attached hydrogens (tertiary/aromatic N) is 1. The molecule has 32 heavy (non-hydrogen) atoms. The summed E-state index contributed by atoms with van der Waals surface area (Å²) in [4.78, 5) is 27.4. The Hall–Kier alpha value is -3.74. The van der Waals surface area contributed by atoms with Gasteiger partial charge in [0.25, 0.3) is 5.91 Å². The first-order valence-electron chi connectivity index (χ1n) is 10.1. The van der Waals surface area contributed by atoms with Crippen LogP contribution in [-0.4, -0.2) is 36.4 Å². The van der Waals surface area contributed by atoms with Crippen molar-refractivity contribution in [2.24, 2.45) is 0 Å². The molecule has 0 spiro atoms. The minimum Gasteiger partial charge on any atom is -0.484 e. The maximum atomic E-state index is 13.4. The van der Waals surface area contributed by atoms with Crippen molar-refractivity contribution in [2.45, 2.75) is 19.0 Å². The summed E-state index contributed by atoms with van der Waals surface area (Å²) >= 11 is 0. The molecule has 0 aliphatic heterocycles. The van der Waals surface area contributed by atoms with E-state index in [0.717, 1.165) is 5.56 Å². The molecule has 0 aliphatic carbocycles. The zero-order chi connectivity index (χ0) is 22.9. The van der Waals surface area contributed by atoms with Gasteiger partial charge < -0.3 is 15.0 Å². The largest absolute Gasteiger partial charge is 0.484 e. The molecule has 2 amide bonds. The Morgan fingerprint density at radius 3 is 2.06 bits per heavy atom. The van der Waals surface area contributed by atoms with Crippen LogP contribution in [0.15, 0.2) is 78.9 Å². The van der Waals surface area contributed by atoms with E-state index in [1.54, 1.807) is 12.1 Å². The number of likely N-dealkylation sites (N-methyl/N-ethyl adjacent to an activating group) is 1. The van der Waals surface area contributed by atoms with Crippen LogP contribution in [0.2, 0.25) is 0 Å². The summed E-state index contributed by atoms with van der Waals surface area (Å²) in [6, 6.07) is 19.6. The van der Waals surface area contributed by atoms with E-state index in [1.165, 1.54) is 48.3 Å². The Morgan fingerprint density at radius 1 is 0.875 bits per heavy atom. The maximum absolute atomic E-state index is 13.4. The standard InChI is InChI=1S/C25H24F2N2O3/c1-28-25(31)23(15-18-5-3-2-4-6-18)29(16-19-7-9-20(26)10-8-19)24(30)17-32-22-13-11-21(27)12-14-22/h2-14,23H,15-17H2,1H3,(H,28,31)/t23-/m1/s1. The minimum atomic E-state index is -0.809. The first-order valence-corrected chi connectivity index (χ1v) is 10.1. The van der Waals surface area contributed by atoms with E-state index in [1.807, 2.05) is 30.3 Å². The molecular weight excluding hydrogens is 414 g/mol. The van der Waals surface area contributed by atoms with E-state index in [2.05, 4.69) is 5.32 Å². The zero-order valence-corrected chi connectivity index (χ0v) is 17.6. The number of carbonyl (C=O) groups excluding carboxylic acids is 2. The summed E-state index contributed by atoms with van der Waals surface area (Å²) in [6.45, 7) is -0.244. The number of ether oxygens (including phenoxy) is 1. The van der Waals surface area contributed by atoms with Gasteiger partial charge in [-0.05, 0) is 47.5 Å². The third-order valence-corrected chi connectivity index (χ3v) is 4.96. The second-order valence-corrected chi connectivity index (χ2v) is 7.21. The van der Waals surface area contributed by atoms with Gasteiger partial charge in [-0.3, -0.25) is 9.59 Å². The van der Waals surface area contributed by atoms with Gasteiger partial charge in [-0.15, -0.1) is 0 Å². The van der Waals surface area contributed by atoms with Crippen LogP contribution in [0.1, 0.15) is 11.1 Å². The third kappa shape index (κ3) is 6.38. The lowest BCUT2D eigenvalue weighted by atomic mass is 10.0. The number of hydrogen-bond donors (Lipinski definition) is 1. The van der Waals surface area contributed by atoms with E-state index < -0.39 is 23.6 Å². The molecule has 0 unspecified atom stereocenters. The molecule has 1 atom stereocenters. The van der Waals surface area contributed by atoms with E-state index in [4.69, 9.17) is 4.74 Å². The monoisotopic (exact) mass is 438 g/mol. The van der Waals surface area contributed by atoms with Gasteiger partial charge in [0.2, 0.25) is 5.91 Å². The van der Waals surface area contributed by atoms with E-state index in [-0.39, 0.29) is 19.1 Å². The van der Waals surface area contributed by atoms with Crippen LogP contribution < -0.4 is 10.1 Å². The van der Waals surface area contributed by atoms with Gasteiger partial charge in [0.1, 0.15) is 23.4 Å². The van der Waals surface area contributed by atoms with Crippen LogP contribution in [-0.2, 0) is 22.6 Å². The van der Waals surface area contributed by atoms with E-state index in [9.17, 15) is 18.4 Å².